The molecular weight excluding hydrogens is 352 g/mol. The molecule has 0 radical (unpaired) electrons. The van der Waals surface area contributed by atoms with Gasteiger partial charge in [0.1, 0.15) is 6.54 Å². The van der Waals surface area contributed by atoms with Crippen molar-refractivity contribution < 1.29 is 14.4 Å². The van der Waals surface area contributed by atoms with E-state index in [-0.39, 0.29) is 18.2 Å². The lowest BCUT2D eigenvalue weighted by Gasteiger charge is -2.20. The summed E-state index contributed by atoms with van der Waals surface area (Å²) in [6, 6.07) is 8.49. The van der Waals surface area contributed by atoms with E-state index in [1.807, 2.05) is 19.9 Å². The molecule has 1 aromatic carbocycles. The molecule has 0 aliphatic carbocycles. The minimum Gasteiger partial charge on any atom is -0.332 e. The Morgan fingerprint density at radius 2 is 1.81 bits per heavy atom. The molecule has 0 saturated carbocycles. The molecule has 0 fully saturated rings. The van der Waals surface area contributed by atoms with Gasteiger partial charge in [0, 0.05) is 18.4 Å². The molecular formula is C18H18N4O3S. The Labute approximate surface area is 155 Å². The number of hydrogen-bond donors (Lipinski definition) is 0. The van der Waals surface area contributed by atoms with E-state index in [0.29, 0.717) is 16.4 Å². The number of hydrogen-bond acceptors (Lipinski definition) is 6. The molecule has 134 valence electrons. The van der Waals surface area contributed by atoms with Crippen LogP contribution in [0.15, 0.2) is 35.5 Å². The normalized spacial score (nSPS) is 14.3. The summed E-state index contributed by atoms with van der Waals surface area (Å²) in [5.74, 6) is -1.12. The molecule has 1 aliphatic heterocycles. The van der Waals surface area contributed by atoms with E-state index < -0.39 is 11.8 Å². The van der Waals surface area contributed by atoms with Crippen LogP contribution < -0.4 is 4.90 Å². The van der Waals surface area contributed by atoms with Gasteiger partial charge < -0.3 is 4.90 Å². The molecule has 1 aliphatic rings. The van der Waals surface area contributed by atoms with Crippen molar-refractivity contribution in [3.8, 4) is 0 Å². The van der Waals surface area contributed by atoms with E-state index in [4.69, 9.17) is 0 Å². The third-order valence-corrected chi connectivity index (χ3v) is 4.71. The number of thioether (sulfide) groups is 1. The molecule has 3 rings (SSSR count). The second-order valence-corrected chi connectivity index (χ2v) is 6.97. The van der Waals surface area contributed by atoms with Crippen molar-refractivity contribution >= 4 is 35.2 Å². The van der Waals surface area contributed by atoms with Crippen molar-refractivity contribution in [2.45, 2.75) is 19.0 Å². The average molecular weight is 370 g/mol. The van der Waals surface area contributed by atoms with Crippen molar-refractivity contribution in [3.05, 3.63) is 47.3 Å². The lowest BCUT2D eigenvalue weighted by Crippen LogP contribution is -2.42. The van der Waals surface area contributed by atoms with Gasteiger partial charge in [0.25, 0.3) is 11.8 Å². The summed E-state index contributed by atoms with van der Waals surface area (Å²) in [5, 5.41) is 0.486. The van der Waals surface area contributed by atoms with E-state index >= 15 is 0 Å². The fourth-order valence-electron chi connectivity index (χ4n) is 2.76. The first-order valence-electron chi connectivity index (χ1n) is 8.02. The van der Waals surface area contributed by atoms with Crippen LogP contribution in [0.25, 0.3) is 0 Å². The van der Waals surface area contributed by atoms with Crippen molar-refractivity contribution in [3.63, 3.8) is 0 Å². The molecule has 8 heteroatoms. The van der Waals surface area contributed by atoms with Crippen LogP contribution in [0.5, 0.6) is 0 Å². The number of fused-ring (bicyclic) bond motifs is 1. The Morgan fingerprint density at radius 1 is 1.15 bits per heavy atom. The Morgan fingerprint density at radius 3 is 2.50 bits per heavy atom. The largest absolute Gasteiger partial charge is 0.332 e. The number of amides is 3. The standard InChI is InChI=1S/C18H18N4O3S/c1-11-8-12(2)20-18(19-11)26-10-16(24)22-14-7-5-4-6-13(14)17(25)21(3)9-15(22)23/h4-8H,9-10H2,1-3H3. The highest BCUT2D eigenvalue weighted by Crippen LogP contribution is 2.26. The van der Waals surface area contributed by atoms with Crippen LogP contribution >= 0.6 is 11.8 Å². The minimum atomic E-state index is -0.433. The number of carbonyl (C=O) groups excluding carboxylic acids is 3. The SMILES string of the molecule is Cc1cc(C)nc(SCC(=O)N2C(=O)CN(C)C(=O)c3ccccc32)n1. The van der Waals surface area contributed by atoms with E-state index in [0.717, 1.165) is 16.3 Å². The molecule has 0 atom stereocenters. The molecule has 0 unspecified atom stereocenters. The maximum absolute atomic E-state index is 12.8. The molecule has 3 amide bonds. The van der Waals surface area contributed by atoms with Gasteiger partial charge in [-0.2, -0.15) is 0 Å². The summed E-state index contributed by atoms with van der Waals surface area (Å²) < 4.78 is 0. The summed E-state index contributed by atoms with van der Waals surface area (Å²) in [4.78, 5) is 48.7. The van der Waals surface area contributed by atoms with Gasteiger partial charge in [0.15, 0.2) is 5.16 Å². The number of para-hydroxylation sites is 1. The summed E-state index contributed by atoms with van der Waals surface area (Å²) in [6.45, 7) is 3.57. The predicted octanol–water partition coefficient (Wildman–Crippen LogP) is 1.83. The fraction of sp³-hybridized carbons (Fsp3) is 0.278. The van der Waals surface area contributed by atoms with E-state index in [9.17, 15) is 14.4 Å². The average Bonchev–Trinajstić information content (AvgIpc) is 2.67. The van der Waals surface area contributed by atoms with Crippen LogP contribution in [0.1, 0.15) is 21.7 Å². The zero-order valence-corrected chi connectivity index (χ0v) is 15.5. The van der Waals surface area contributed by atoms with Crippen molar-refractivity contribution in [1.29, 1.82) is 0 Å². The number of aryl methyl sites for hydroxylation is 2. The molecule has 0 bridgehead atoms. The zero-order valence-electron chi connectivity index (χ0n) is 14.7. The second kappa shape index (κ2) is 7.25. The molecule has 2 aromatic rings. The maximum atomic E-state index is 12.8. The van der Waals surface area contributed by atoms with Crippen LogP contribution in [0.4, 0.5) is 5.69 Å². The number of carbonyl (C=O) groups is 3. The first kappa shape index (κ1) is 18.1. The van der Waals surface area contributed by atoms with Gasteiger partial charge in [-0.3, -0.25) is 14.4 Å². The molecule has 2 heterocycles. The van der Waals surface area contributed by atoms with Crippen molar-refractivity contribution in [1.82, 2.24) is 14.9 Å². The fourth-order valence-corrected chi connectivity index (χ4v) is 3.56. The lowest BCUT2D eigenvalue weighted by molar-refractivity contribution is -0.125. The van der Waals surface area contributed by atoms with Crippen LogP contribution in [-0.4, -0.2) is 51.9 Å². The topological polar surface area (TPSA) is 83.5 Å². The molecule has 26 heavy (non-hydrogen) atoms. The number of nitrogens with zero attached hydrogens (tertiary/aromatic N) is 4. The van der Waals surface area contributed by atoms with Crippen molar-refractivity contribution in [2.75, 3.05) is 24.2 Å². The highest BCUT2D eigenvalue weighted by atomic mass is 32.2. The van der Waals surface area contributed by atoms with Gasteiger partial charge in [-0.1, -0.05) is 23.9 Å². The zero-order chi connectivity index (χ0) is 18.8. The molecule has 7 nitrogen and oxygen atoms in total. The van der Waals surface area contributed by atoms with E-state index in [1.165, 1.54) is 16.7 Å². The molecule has 0 saturated heterocycles. The smallest absolute Gasteiger partial charge is 0.256 e. The van der Waals surface area contributed by atoms with Crippen LogP contribution in [0.3, 0.4) is 0 Å². The van der Waals surface area contributed by atoms with Gasteiger partial charge in [-0.25, -0.2) is 14.9 Å². The van der Waals surface area contributed by atoms with Crippen LogP contribution in [0.2, 0.25) is 0 Å². The highest BCUT2D eigenvalue weighted by molar-refractivity contribution is 7.99. The summed E-state index contributed by atoms with van der Waals surface area (Å²) in [6.07, 6.45) is 0. The molecule has 0 spiro atoms. The maximum Gasteiger partial charge on any atom is 0.256 e. The van der Waals surface area contributed by atoms with Gasteiger partial charge in [0.2, 0.25) is 5.91 Å². The van der Waals surface area contributed by atoms with Gasteiger partial charge in [-0.05, 0) is 32.0 Å². The number of rotatable bonds is 3. The first-order chi connectivity index (χ1) is 12.4. The number of likely N-dealkylation sites (N-methyl/N-ethyl adjacent to an activating group) is 1. The van der Waals surface area contributed by atoms with Gasteiger partial charge in [-0.15, -0.1) is 0 Å². The molecule has 0 N–H and O–H groups in total. The Balaban J connectivity index is 1.86. The third kappa shape index (κ3) is 3.60. The summed E-state index contributed by atoms with van der Waals surface area (Å²) in [7, 11) is 1.54. The number of aromatic nitrogens is 2. The van der Waals surface area contributed by atoms with Gasteiger partial charge >= 0.3 is 0 Å². The monoisotopic (exact) mass is 370 g/mol. The van der Waals surface area contributed by atoms with Crippen LogP contribution in [-0.2, 0) is 9.59 Å². The molecule has 1 aromatic heterocycles. The Kier molecular flexibility index (Phi) is 5.03. The quantitative estimate of drug-likeness (QED) is 0.605. The highest BCUT2D eigenvalue weighted by Gasteiger charge is 2.33. The number of anilines is 1. The summed E-state index contributed by atoms with van der Waals surface area (Å²) >= 11 is 1.17. The number of benzene rings is 1. The van der Waals surface area contributed by atoms with Crippen LogP contribution in [0, 0.1) is 13.8 Å². The lowest BCUT2D eigenvalue weighted by atomic mass is 10.1. The van der Waals surface area contributed by atoms with Gasteiger partial charge in [0.05, 0.1) is 17.0 Å². The summed E-state index contributed by atoms with van der Waals surface area (Å²) in [5.41, 5.74) is 2.28. The number of imide groups is 1. The second-order valence-electron chi connectivity index (χ2n) is 6.02. The Bertz CT molecular complexity index is 880. The van der Waals surface area contributed by atoms with Crippen molar-refractivity contribution in [2.24, 2.45) is 0 Å². The van der Waals surface area contributed by atoms with E-state index in [1.54, 1.807) is 31.3 Å². The predicted molar refractivity (Wildman–Crippen MR) is 98.1 cm³/mol. The third-order valence-electron chi connectivity index (χ3n) is 3.88. The Hall–Kier alpha value is -2.74. The van der Waals surface area contributed by atoms with E-state index in [2.05, 4.69) is 9.97 Å². The first-order valence-corrected chi connectivity index (χ1v) is 9.00. The minimum absolute atomic E-state index is 0.000865.